The molecule has 4 heteroatoms. The molecule has 14 heavy (non-hydrogen) atoms. The fourth-order valence-electron chi connectivity index (χ4n) is 1.63. The summed E-state index contributed by atoms with van der Waals surface area (Å²) in [5, 5.41) is 2.80. The molecule has 1 heterocycles. The summed E-state index contributed by atoms with van der Waals surface area (Å²) in [5.74, 6) is 0.136. The Kier molecular flexibility index (Phi) is 2.83. The first-order valence-electron chi connectivity index (χ1n) is 4.97. The first-order valence-corrected chi connectivity index (χ1v) is 4.97. The maximum absolute atomic E-state index is 11.7. The number of ketones is 1. The molecule has 1 aliphatic heterocycles. The van der Waals surface area contributed by atoms with Gasteiger partial charge in [-0.25, -0.2) is 4.79 Å². The van der Waals surface area contributed by atoms with Gasteiger partial charge in [0.05, 0.1) is 5.54 Å². The van der Waals surface area contributed by atoms with E-state index in [0.717, 1.165) is 0 Å². The first kappa shape index (κ1) is 11.0. The number of nitrogens with one attached hydrogen (secondary N) is 1. The highest BCUT2D eigenvalue weighted by atomic mass is 16.2. The second kappa shape index (κ2) is 3.59. The van der Waals surface area contributed by atoms with Gasteiger partial charge in [0.25, 0.3) is 0 Å². The minimum absolute atomic E-state index is 0.106. The van der Waals surface area contributed by atoms with E-state index in [4.69, 9.17) is 0 Å². The van der Waals surface area contributed by atoms with Gasteiger partial charge in [-0.15, -0.1) is 0 Å². The van der Waals surface area contributed by atoms with Gasteiger partial charge < -0.3 is 10.2 Å². The van der Waals surface area contributed by atoms with Gasteiger partial charge in [-0.05, 0) is 27.7 Å². The average Bonchev–Trinajstić information content (AvgIpc) is 2.26. The molecule has 0 unspecified atom stereocenters. The van der Waals surface area contributed by atoms with Crippen molar-refractivity contribution in [1.82, 2.24) is 10.2 Å². The van der Waals surface area contributed by atoms with Gasteiger partial charge in [0.1, 0.15) is 0 Å². The van der Waals surface area contributed by atoms with Crippen molar-refractivity contribution in [3.05, 3.63) is 0 Å². The molecule has 1 N–H and O–H groups in total. The number of carbonyl (C=O) groups is 2. The Morgan fingerprint density at radius 2 is 2.07 bits per heavy atom. The molecule has 0 bridgehead atoms. The molecule has 80 valence electrons. The van der Waals surface area contributed by atoms with Crippen molar-refractivity contribution in [3.63, 3.8) is 0 Å². The summed E-state index contributed by atoms with van der Waals surface area (Å²) in [7, 11) is 0. The lowest BCUT2D eigenvalue weighted by Crippen LogP contribution is -2.51. The topological polar surface area (TPSA) is 49.4 Å². The van der Waals surface area contributed by atoms with Crippen molar-refractivity contribution < 1.29 is 9.59 Å². The summed E-state index contributed by atoms with van der Waals surface area (Å²) >= 11 is 0. The summed E-state index contributed by atoms with van der Waals surface area (Å²) in [6.07, 6.45) is 0.471. The Morgan fingerprint density at radius 3 is 2.43 bits per heavy atom. The van der Waals surface area contributed by atoms with Crippen LogP contribution in [0.5, 0.6) is 0 Å². The molecule has 0 spiro atoms. The maximum atomic E-state index is 11.7. The van der Waals surface area contributed by atoms with Gasteiger partial charge in [-0.1, -0.05) is 0 Å². The second-order valence-corrected chi connectivity index (χ2v) is 4.49. The minimum atomic E-state index is -0.640. The van der Waals surface area contributed by atoms with Crippen molar-refractivity contribution in [1.29, 1.82) is 0 Å². The number of nitrogens with zero attached hydrogens (tertiary/aromatic N) is 1. The van der Waals surface area contributed by atoms with Crippen LogP contribution >= 0.6 is 0 Å². The van der Waals surface area contributed by atoms with E-state index < -0.39 is 5.54 Å². The van der Waals surface area contributed by atoms with Gasteiger partial charge in [0, 0.05) is 19.0 Å². The van der Waals surface area contributed by atoms with Crippen LogP contribution in [-0.4, -0.2) is 34.8 Å². The maximum Gasteiger partial charge on any atom is 0.318 e. The Labute approximate surface area is 84.7 Å². The molecule has 1 rings (SSSR count). The van der Waals surface area contributed by atoms with Crippen molar-refractivity contribution >= 4 is 11.8 Å². The molecule has 0 radical (unpaired) electrons. The first-order chi connectivity index (χ1) is 6.35. The molecule has 4 nitrogen and oxygen atoms in total. The molecule has 0 aromatic rings. The standard InChI is InChI=1S/C10H18N2O2/c1-7(2)11-9(14)12-6-5-8(13)10(12,3)4/h7H,5-6H2,1-4H3,(H,11,14). The summed E-state index contributed by atoms with van der Waals surface area (Å²) in [4.78, 5) is 24.8. The Balaban J connectivity index is 2.70. The van der Waals surface area contributed by atoms with E-state index in [0.29, 0.717) is 13.0 Å². The summed E-state index contributed by atoms with van der Waals surface area (Å²) in [5.41, 5.74) is -0.640. The van der Waals surface area contributed by atoms with E-state index in [1.807, 2.05) is 13.8 Å². The van der Waals surface area contributed by atoms with Crippen molar-refractivity contribution in [2.45, 2.75) is 45.7 Å². The van der Waals surface area contributed by atoms with E-state index in [1.54, 1.807) is 18.7 Å². The predicted molar refractivity (Wildman–Crippen MR) is 54.1 cm³/mol. The number of hydrogen-bond acceptors (Lipinski definition) is 2. The SMILES string of the molecule is CC(C)NC(=O)N1CCC(=O)C1(C)C. The third-order valence-corrected chi connectivity index (χ3v) is 2.58. The number of Topliss-reactive ketones (excluding diaryl/α,β-unsaturated/α-hetero) is 1. The smallest absolute Gasteiger partial charge is 0.318 e. The Hall–Kier alpha value is -1.06. The number of rotatable bonds is 1. The number of likely N-dealkylation sites (tertiary alicyclic amines) is 1. The molecule has 0 aromatic carbocycles. The summed E-state index contributed by atoms with van der Waals surface area (Å²) < 4.78 is 0. The van der Waals surface area contributed by atoms with Crippen LogP contribution < -0.4 is 5.32 Å². The van der Waals surface area contributed by atoms with Crippen LogP contribution in [-0.2, 0) is 4.79 Å². The lowest BCUT2D eigenvalue weighted by molar-refractivity contribution is -0.122. The highest BCUT2D eigenvalue weighted by Gasteiger charge is 2.42. The van der Waals surface area contributed by atoms with E-state index in [9.17, 15) is 9.59 Å². The third kappa shape index (κ3) is 1.89. The predicted octanol–water partition coefficient (Wildman–Crippen LogP) is 1.16. The fraction of sp³-hybridized carbons (Fsp3) is 0.800. The monoisotopic (exact) mass is 198 g/mol. The van der Waals surface area contributed by atoms with Gasteiger partial charge in [-0.3, -0.25) is 4.79 Å². The van der Waals surface area contributed by atoms with Crippen LogP contribution in [0.15, 0.2) is 0 Å². The van der Waals surface area contributed by atoms with Crippen molar-refractivity contribution in [2.24, 2.45) is 0 Å². The highest BCUT2D eigenvalue weighted by Crippen LogP contribution is 2.24. The zero-order chi connectivity index (χ0) is 10.9. The number of amides is 2. The van der Waals surface area contributed by atoms with Gasteiger partial charge in [-0.2, -0.15) is 0 Å². The van der Waals surface area contributed by atoms with Crippen LogP contribution in [0.4, 0.5) is 4.79 Å². The lowest BCUT2D eigenvalue weighted by Gasteiger charge is -2.30. The van der Waals surface area contributed by atoms with E-state index >= 15 is 0 Å². The number of urea groups is 1. The molecule has 0 atom stereocenters. The second-order valence-electron chi connectivity index (χ2n) is 4.49. The van der Waals surface area contributed by atoms with Gasteiger partial charge >= 0.3 is 6.03 Å². The van der Waals surface area contributed by atoms with Gasteiger partial charge in [0.15, 0.2) is 5.78 Å². The molecule has 1 fully saturated rings. The summed E-state index contributed by atoms with van der Waals surface area (Å²) in [6.45, 7) is 7.93. The molecule has 1 aliphatic rings. The van der Waals surface area contributed by atoms with Crippen LogP contribution in [0.25, 0.3) is 0 Å². The van der Waals surface area contributed by atoms with Crippen LogP contribution in [0, 0.1) is 0 Å². The molecule has 0 aromatic heterocycles. The van der Waals surface area contributed by atoms with E-state index in [2.05, 4.69) is 5.32 Å². The largest absolute Gasteiger partial charge is 0.336 e. The van der Waals surface area contributed by atoms with Crippen LogP contribution in [0.1, 0.15) is 34.1 Å². The third-order valence-electron chi connectivity index (χ3n) is 2.58. The zero-order valence-electron chi connectivity index (χ0n) is 9.26. The van der Waals surface area contributed by atoms with Gasteiger partial charge in [0.2, 0.25) is 0 Å². The average molecular weight is 198 g/mol. The lowest BCUT2D eigenvalue weighted by atomic mass is 10.0. The normalized spacial score (nSPS) is 20.4. The quantitative estimate of drug-likeness (QED) is 0.687. The van der Waals surface area contributed by atoms with E-state index in [-0.39, 0.29) is 17.9 Å². The molecule has 0 saturated carbocycles. The molecule has 2 amide bonds. The van der Waals surface area contributed by atoms with Crippen LogP contribution in [0.2, 0.25) is 0 Å². The molecular formula is C10H18N2O2. The van der Waals surface area contributed by atoms with E-state index in [1.165, 1.54) is 0 Å². The minimum Gasteiger partial charge on any atom is -0.336 e. The zero-order valence-corrected chi connectivity index (χ0v) is 9.26. The Morgan fingerprint density at radius 1 is 1.50 bits per heavy atom. The number of carbonyl (C=O) groups excluding carboxylic acids is 2. The Bertz CT molecular complexity index is 259. The number of hydrogen-bond donors (Lipinski definition) is 1. The fourth-order valence-corrected chi connectivity index (χ4v) is 1.63. The van der Waals surface area contributed by atoms with Crippen molar-refractivity contribution in [3.8, 4) is 0 Å². The molecular weight excluding hydrogens is 180 g/mol. The van der Waals surface area contributed by atoms with Crippen molar-refractivity contribution in [2.75, 3.05) is 6.54 Å². The summed E-state index contributed by atoms with van der Waals surface area (Å²) in [6, 6.07) is -0.0372. The van der Waals surface area contributed by atoms with Crippen LogP contribution in [0.3, 0.4) is 0 Å². The molecule has 1 saturated heterocycles. The highest BCUT2D eigenvalue weighted by molar-refractivity contribution is 5.95. The molecule has 0 aliphatic carbocycles.